The molecule has 1 unspecified atom stereocenters. The Morgan fingerprint density at radius 2 is 1.94 bits per heavy atom. The van der Waals surface area contributed by atoms with Gasteiger partial charge in [-0.1, -0.05) is 33.1 Å². The highest BCUT2D eigenvalue weighted by Crippen LogP contribution is 2.29. The van der Waals surface area contributed by atoms with Crippen LogP contribution in [-0.2, 0) is 0 Å². The van der Waals surface area contributed by atoms with Crippen LogP contribution >= 0.6 is 15.9 Å². The van der Waals surface area contributed by atoms with Gasteiger partial charge in [0.15, 0.2) is 0 Å². The molecular formula is C14H20BrF2N. The van der Waals surface area contributed by atoms with Crippen molar-refractivity contribution in [1.82, 2.24) is 5.32 Å². The zero-order chi connectivity index (χ0) is 13.5. The summed E-state index contributed by atoms with van der Waals surface area (Å²) in [4.78, 5) is 0. The van der Waals surface area contributed by atoms with Gasteiger partial charge in [-0.05, 0) is 41.0 Å². The number of rotatable bonds is 7. The van der Waals surface area contributed by atoms with Gasteiger partial charge in [-0.15, -0.1) is 0 Å². The molecule has 0 spiro atoms. The number of hydrogen-bond donors (Lipinski definition) is 1. The molecule has 18 heavy (non-hydrogen) atoms. The fraction of sp³-hybridized carbons (Fsp3) is 0.571. The second-order valence-electron chi connectivity index (χ2n) is 4.36. The van der Waals surface area contributed by atoms with E-state index in [1.165, 1.54) is 12.1 Å². The summed E-state index contributed by atoms with van der Waals surface area (Å²) >= 11 is 3.11. The topological polar surface area (TPSA) is 12.0 Å². The lowest BCUT2D eigenvalue weighted by atomic mass is 9.99. The van der Waals surface area contributed by atoms with E-state index in [0.717, 1.165) is 25.7 Å². The average molecular weight is 320 g/mol. The van der Waals surface area contributed by atoms with Crippen LogP contribution in [-0.4, -0.2) is 6.54 Å². The van der Waals surface area contributed by atoms with Crippen molar-refractivity contribution in [3.63, 3.8) is 0 Å². The first-order valence-electron chi connectivity index (χ1n) is 6.48. The molecule has 0 aromatic heterocycles. The van der Waals surface area contributed by atoms with Gasteiger partial charge in [-0.25, -0.2) is 8.78 Å². The van der Waals surface area contributed by atoms with Crippen molar-refractivity contribution in [2.75, 3.05) is 6.54 Å². The largest absolute Gasteiger partial charge is 0.310 e. The molecule has 0 aliphatic rings. The zero-order valence-corrected chi connectivity index (χ0v) is 12.5. The van der Waals surface area contributed by atoms with Crippen LogP contribution in [0, 0.1) is 11.6 Å². The Bertz CT molecular complexity index is 382. The molecule has 0 radical (unpaired) electrons. The van der Waals surface area contributed by atoms with Gasteiger partial charge in [-0.3, -0.25) is 0 Å². The number of unbranched alkanes of at least 4 members (excludes halogenated alkanes) is 2. The fourth-order valence-electron chi connectivity index (χ4n) is 2.06. The lowest BCUT2D eigenvalue weighted by Crippen LogP contribution is -2.23. The van der Waals surface area contributed by atoms with Gasteiger partial charge in [0, 0.05) is 11.6 Å². The number of benzene rings is 1. The van der Waals surface area contributed by atoms with Crippen molar-refractivity contribution in [1.29, 1.82) is 0 Å². The van der Waals surface area contributed by atoms with Gasteiger partial charge in [0.25, 0.3) is 0 Å². The molecule has 0 heterocycles. The first-order valence-corrected chi connectivity index (χ1v) is 7.27. The normalized spacial score (nSPS) is 12.7. The van der Waals surface area contributed by atoms with E-state index in [4.69, 9.17) is 0 Å². The van der Waals surface area contributed by atoms with E-state index in [2.05, 4.69) is 28.2 Å². The Hall–Kier alpha value is -0.480. The summed E-state index contributed by atoms with van der Waals surface area (Å²) in [7, 11) is 0. The Morgan fingerprint density at radius 1 is 1.22 bits per heavy atom. The summed E-state index contributed by atoms with van der Waals surface area (Å²) in [5.41, 5.74) is 0.155. The van der Waals surface area contributed by atoms with Crippen molar-refractivity contribution in [2.45, 2.75) is 45.6 Å². The molecule has 0 aliphatic heterocycles. The molecule has 102 valence electrons. The van der Waals surface area contributed by atoms with Gasteiger partial charge in [0.1, 0.15) is 11.6 Å². The standard InChI is InChI=1S/C14H20BrF2N/c1-3-5-6-7-12(18-4-2)13-11(16)9-8-10(15)14(13)17/h8-9,12,18H,3-7H2,1-2H3. The molecule has 1 aromatic carbocycles. The third kappa shape index (κ3) is 4.02. The average Bonchev–Trinajstić information content (AvgIpc) is 2.35. The summed E-state index contributed by atoms with van der Waals surface area (Å²) < 4.78 is 28.1. The molecule has 1 N–H and O–H groups in total. The van der Waals surface area contributed by atoms with E-state index in [9.17, 15) is 8.78 Å². The summed E-state index contributed by atoms with van der Waals surface area (Å²) in [6.07, 6.45) is 3.91. The van der Waals surface area contributed by atoms with Crippen LogP contribution in [0.3, 0.4) is 0 Å². The van der Waals surface area contributed by atoms with Crippen LogP contribution in [0.15, 0.2) is 16.6 Å². The second-order valence-corrected chi connectivity index (χ2v) is 5.22. The van der Waals surface area contributed by atoms with Gasteiger partial charge in [0.05, 0.1) is 4.47 Å². The summed E-state index contributed by atoms with van der Waals surface area (Å²) in [5.74, 6) is -0.962. The lowest BCUT2D eigenvalue weighted by Gasteiger charge is -2.20. The quantitative estimate of drug-likeness (QED) is 0.553. The lowest BCUT2D eigenvalue weighted by molar-refractivity contribution is 0.438. The molecule has 0 bridgehead atoms. The van der Waals surface area contributed by atoms with Gasteiger partial charge >= 0.3 is 0 Å². The van der Waals surface area contributed by atoms with Crippen LogP contribution in [0.25, 0.3) is 0 Å². The molecule has 1 atom stereocenters. The molecule has 1 rings (SSSR count). The van der Waals surface area contributed by atoms with Crippen LogP contribution in [0.4, 0.5) is 8.78 Å². The van der Waals surface area contributed by atoms with Crippen molar-refractivity contribution < 1.29 is 8.78 Å². The maximum Gasteiger partial charge on any atom is 0.145 e. The van der Waals surface area contributed by atoms with Gasteiger partial charge < -0.3 is 5.32 Å². The molecule has 4 heteroatoms. The Balaban J connectivity index is 2.93. The fourth-order valence-corrected chi connectivity index (χ4v) is 2.40. The maximum atomic E-state index is 14.0. The summed E-state index contributed by atoms with van der Waals surface area (Å²) in [6.45, 7) is 4.76. The summed E-state index contributed by atoms with van der Waals surface area (Å²) in [5, 5.41) is 3.17. The molecule has 0 aliphatic carbocycles. The molecule has 0 amide bonds. The van der Waals surface area contributed by atoms with Crippen LogP contribution in [0.1, 0.15) is 51.1 Å². The van der Waals surface area contributed by atoms with Crippen molar-refractivity contribution >= 4 is 15.9 Å². The third-order valence-corrected chi connectivity index (χ3v) is 3.59. The molecule has 0 saturated carbocycles. The predicted octanol–water partition coefficient (Wildman–Crippen LogP) is 4.96. The Kier molecular flexibility index (Phi) is 6.79. The highest BCUT2D eigenvalue weighted by Gasteiger charge is 2.20. The summed E-state index contributed by atoms with van der Waals surface area (Å²) in [6, 6.07) is 2.47. The maximum absolute atomic E-state index is 14.0. The van der Waals surface area contributed by atoms with Crippen LogP contribution < -0.4 is 5.32 Å². The molecular weight excluding hydrogens is 300 g/mol. The van der Waals surface area contributed by atoms with Crippen LogP contribution in [0.2, 0.25) is 0 Å². The highest BCUT2D eigenvalue weighted by molar-refractivity contribution is 9.10. The van der Waals surface area contributed by atoms with Crippen molar-refractivity contribution in [3.05, 3.63) is 33.8 Å². The second kappa shape index (κ2) is 7.85. The van der Waals surface area contributed by atoms with Gasteiger partial charge in [-0.2, -0.15) is 0 Å². The number of halogens is 3. The SMILES string of the molecule is CCCCCC(NCC)c1c(F)ccc(Br)c1F. The minimum absolute atomic E-state index is 0.155. The predicted molar refractivity (Wildman–Crippen MR) is 74.6 cm³/mol. The molecule has 1 nitrogen and oxygen atoms in total. The van der Waals surface area contributed by atoms with E-state index in [1.54, 1.807) is 0 Å². The molecule has 0 saturated heterocycles. The monoisotopic (exact) mass is 319 g/mol. The van der Waals surface area contributed by atoms with Gasteiger partial charge in [0.2, 0.25) is 0 Å². The highest BCUT2D eigenvalue weighted by atomic mass is 79.9. The van der Waals surface area contributed by atoms with E-state index in [1.807, 2.05) is 6.92 Å². The third-order valence-electron chi connectivity index (χ3n) is 2.97. The number of hydrogen-bond acceptors (Lipinski definition) is 1. The zero-order valence-electron chi connectivity index (χ0n) is 10.9. The van der Waals surface area contributed by atoms with E-state index in [-0.39, 0.29) is 11.6 Å². The molecule has 1 aromatic rings. The van der Waals surface area contributed by atoms with E-state index < -0.39 is 11.6 Å². The minimum Gasteiger partial charge on any atom is -0.310 e. The van der Waals surface area contributed by atoms with E-state index in [0.29, 0.717) is 11.0 Å². The van der Waals surface area contributed by atoms with Crippen molar-refractivity contribution in [2.24, 2.45) is 0 Å². The van der Waals surface area contributed by atoms with E-state index >= 15 is 0 Å². The van der Waals surface area contributed by atoms with Crippen molar-refractivity contribution in [3.8, 4) is 0 Å². The number of nitrogens with one attached hydrogen (secondary N) is 1. The molecule has 0 fully saturated rings. The first kappa shape index (κ1) is 15.6. The Morgan fingerprint density at radius 3 is 2.56 bits per heavy atom. The first-order chi connectivity index (χ1) is 8.61. The smallest absolute Gasteiger partial charge is 0.145 e. The Labute approximate surface area is 116 Å². The van der Waals surface area contributed by atoms with Crippen LogP contribution in [0.5, 0.6) is 0 Å². The minimum atomic E-state index is -0.488.